The molecule has 1 aliphatic rings. The SMILES string of the molecule is C=C(C)CSc1nnc(NC2CC2)s1. The minimum Gasteiger partial charge on any atom is -0.357 e. The lowest BCUT2D eigenvalue weighted by Gasteiger charge is -1.95. The average Bonchev–Trinajstić information content (AvgIpc) is 2.81. The van der Waals surface area contributed by atoms with Crippen LogP contribution in [0.1, 0.15) is 19.8 Å². The predicted molar refractivity (Wildman–Crippen MR) is 62.1 cm³/mol. The van der Waals surface area contributed by atoms with Gasteiger partial charge in [-0.3, -0.25) is 0 Å². The maximum absolute atomic E-state index is 4.10. The van der Waals surface area contributed by atoms with Crippen molar-refractivity contribution >= 4 is 28.2 Å². The van der Waals surface area contributed by atoms with Gasteiger partial charge < -0.3 is 5.32 Å². The van der Waals surface area contributed by atoms with Crippen LogP contribution in [0.4, 0.5) is 5.13 Å². The molecule has 1 aromatic heterocycles. The second-order valence-corrected chi connectivity index (χ2v) is 5.74. The van der Waals surface area contributed by atoms with Crippen LogP contribution in [-0.2, 0) is 0 Å². The minimum absolute atomic E-state index is 0.655. The summed E-state index contributed by atoms with van der Waals surface area (Å²) >= 11 is 3.33. The van der Waals surface area contributed by atoms with Crippen molar-refractivity contribution in [2.75, 3.05) is 11.1 Å². The molecule has 0 radical (unpaired) electrons. The zero-order chi connectivity index (χ0) is 9.97. The van der Waals surface area contributed by atoms with E-state index in [4.69, 9.17) is 0 Å². The molecule has 1 N–H and O–H groups in total. The summed E-state index contributed by atoms with van der Waals surface area (Å²) in [6, 6.07) is 0.655. The monoisotopic (exact) mass is 227 g/mol. The molecule has 0 amide bonds. The van der Waals surface area contributed by atoms with Crippen molar-refractivity contribution in [2.24, 2.45) is 0 Å². The lowest BCUT2D eigenvalue weighted by molar-refractivity contribution is 0.995. The predicted octanol–water partition coefficient (Wildman–Crippen LogP) is 2.78. The second kappa shape index (κ2) is 4.31. The third-order valence-electron chi connectivity index (χ3n) is 1.75. The van der Waals surface area contributed by atoms with E-state index in [1.165, 1.54) is 18.4 Å². The summed E-state index contributed by atoms with van der Waals surface area (Å²) in [5.41, 5.74) is 1.17. The number of rotatable bonds is 5. The van der Waals surface area contributed by atoms with Crippen molar-refractivity contribution in [1.29, 1.82) is 0 Å². The lowest BCUT2D eigenvalue weighted by atomic mass is 10.4. The number of hydrogen-bond donors (Lipinski definition) is 1. The highest BCUT2D eigenvalue weighted by atomic mass is 32.2. The Labute approximate surface area is 92.0 Å². The molecule has 2 rings (SSSR count). The van der Waals surface area contributed by atoms with Gasteiger partial charge >= 0.3 is 0 Å². The van der Waals surface area contributed by atoms with E-state index >= 15 is 0 Å². The molecule has 0 aromatic carbocycles. The molecule has 1 heterocycles. The van der Waals surface area contributed by atoms with Gasteiger partial charge in [-0.1, -0.05) is 35.3 Å². The highest BCUT2D eigenvalue weighted by Crippen LogP contribution is 2.30. The zero-order valence-corrected chi connectivity index (χ0v) is 9.75. The Balaban J connectivity index is 1.85. The summed E-state index contributed by atoms with van der Waals surface area (Å²) in [6.07, 6.45) is 2.54. The zero-order valence-electron chi connectivity index (χ0n) is 8.12. The fraction of sp³-hybridized carbons (Fsp3) is 0.556. The Bertz CT molecular complexity index is 331. The van der Waals surface area contributed by atoms with Gasteiger partial charge in [-0.15, -0.1) is 10.2 Å². The van der Waals surface area contributed by atoms with Gasteiger partial charge in [-0.2, -0.15) is 0 Å². The summed E-state index contributed by atoms with van der Waals surface area (Å²) in [5, 5.41) is 12.5. The van der Waals surface area contributed by atoms with Gasteiger partial charge in [0.15, 0.2) is 4.34 Å². The molecule has 1 aliphatic carbocycles. The topological polar surface area (TPSA) is 37.8 Å². The Morgan fingerprint density at radius 1 is 1.64 bits per heavy atom. The number of anilines is 1. The third kappa shape index (κ3) is 2.99. The lowest BCUT2D eigenvalue weighted by Crippen LogP contribution is -1.99. The largest absolute Gasteiger partial charge is 0.357 e. The van der Waals surface area contributed by atoms with Gasteiger partial charge in [0.1, 0.15) is 0 Å². The van der Waals surface area contributed by atoms with E-state index in [1.54, 1.807) is 23.1 Å². The smallest absolute Gasteiger partial charge is 0.206 e. The van der Waals surface area contributed by atoms with Crippen LogP contribution in [0.3, 0.4) is 0 Å². The summed E-state index contributed by atoms with van der Waals surface area (Å²) < 4.78 is 1.02. The van der Waals surface area contributed by atoms with Crippen LogP contribution in [0.2, 0.25) is 0 Å². The normalized spacial score (nSPS) is 15.5. The molecule has 14 heavy (non-hydrogen) atoms. The molecule has 0 saturated heterocycles. The first-order chi connectivity index (χ1) is 6.74. The van der Waals surface area contributed by atoms with E-state index in [0.717, 1.165) is 15.2 Å². The second-order valence-electron chi connectivity index (χ2n) is 3.54. The highest BCUT2D eigenvalue weighted by Gasteiger charge is 2.22. The van der Waals surface area contributed by atoms with Crippen molar-refractivity contribution in [3.63, 3.8) is 0 Å². The number of thioether (sulfide) groups is 1. The Hall–Kier alpha value is -0.550. The Kier molecular flexibility index (Phi) is 3.08. The molecule has 0 atom stereocenters. The molecule has 1 fully saturated rings. The molecule has 76 valence electrons. The van der Waals surface area contributed by atoms with E-state index in [2.05, 4.69) is 22.1 Å². The summed E-state index contributed by atoms with van der Waals surface area (Å²) in [6.45, 7) is 5.88. The molecule has 1 saturated carbocycles. The standard InChI is InChI=1S/C9H13N3S2/c1-6(2)5-13-9-12-11-8(14-9)10-7-3-4-7/h7H,1,3-5H2,2H3,(H,10,11). The third-order valence-corrected chi connectivity index (χ3v) is 3.97. The van der Waals surface area contributed by atoms with Gasteiger partial charge in [0.05, 0.1) is 0 Å². The fourth-order valence-corrected chi connectivity index (χ4v) is 2.59. The first-order valence-corrected chi connectivity index (χ1v) is 6.41. The minimum atomic E-state index is 0.655. The van der Waals surface area contributed by atoms with Crippen LogP contribution >= 0.6 is 23.1 Å². The molecule has 0 spiro atoms. The van der Waals surface area contributed by atoms with E-state index in [9.17, 15) is 0 Å². The molecule has 0 unspecified atom stereocenters. The number of hydrogen-bond acceptors (Lipinski definition) is 5. The number of nitrogens with one attached hydrogen (secondary N) is 1. The van der Waals surface area contributed by atoms with Crippen molar-refractivity contribution < 1.29 is 0 Å². The highest BCUT2D eigenvalue weighted by molar-refractivity contribution is 8.01. The van der Waals surface area contributed by atoms with E-state index < -0.39 is 0 Å². The molecule has 5 heteroatoms. The van der Waals surface area contributed by atoms with E-state index in [0.29, 0.717) is 6.04 Å². The molecular formula is C9H13N3S2. The molecule has 0 aliphatic heterocycles. The van der Waals surface area contributed by atoms with E-state index in [-0.39, 0.29) is 0 Å². The molecule has 1 aromatic rings. The van der Waals surface area contributed by atoms with E-state index in [1.807, 2.05) is 6.92 Å². The molecule has 3 nitrogen and oxygen atoms in total. The molecule has 0 bridgehead atoms. The van der Waals surface area contributed by atoms with Gasteiger partial charge in [0.25, 0.3) is 0 Å². The quantitative estimate of drug-likeness (QED) is 0.620. The summed E-state index contributed by atoms with van der Waals surface area (Å²) in [5.74, 6) is 0.929. The van der Waals surface area contributed by atoms with Crippen molar-refractivity contribution in [3.05, 3.63) is 12.2 Å². The first-order valence-electron chi connectivity index (χ1n) is 4.61. The number of aromatic nitrogens is 2. The van der Waals surface area contributed by atoms with Gasteiger partial charge in [0.2, 0.25) is 5.13 Å². The Morgan fingerprint density at radius 2 is 2.43 bits per heavy atom. The van der Waals surface area contributed by atoms with Crippen LogP contribution in [-0.4, -0.2) is 22.0 Å². The summed E-state index contributed by atoms with van der Waals surface area (Å²) in [7, 11) is 0. The van der Waals surface area contributed by atoms with Gasteiger partial charge in [-0.05, 0) is 19.8 Å². The summed E-state index contributed by atoms with van der Waals surface area (Å²) in [4.78, 5) is 0. The van der Waals surface area contributed by atoms with Crippen molar-refractivity contribution in [2.45, 2.75) is 30.1 Å². The van der Waals surface area contributed by atoms with Crippen LogP contribution in [0.25, 0.3) is 0 Å². The van der Waals surface area contributed by atoms with Crippen LogP contribution in [0, 0.1) is 0 Å². The van der Waals surface area contributed by atoms with Crippen LogP contribution in [0.15, 0.2) is 16.5 Å². The Morgan fingerprint density at radius 3 is 3.07 bits per heavy atom. The van der Waals surface area contributed by atoms with Crippen molar-refractivity contribution in [1.82, 2.24) is 10.2 Å². The van der Waals surface area contributed by atoms with Crippen molar-refractivity contribution in [3.8, 4) is 0 Å². The maximum atomic E-state index is 4.10. The maximum Gasteiger partial charge on any atom is 0.206 e. The van der Waals surface area contributed by atoms with Crippen LogP contribution in [0.5, 0.6) is 0 Å². The fourth-order valence-electron chi connectivity index (χ4n) is 0.914. The molecular weight excluding hydrogens is 214 g/mol. The first kappa shape index (κ1) is 9.98. The average molecular weight is 227 g/mol. The van der Waals surface area contributed by atoms with Crippen LogP contribution < -0.4 is 5.32 Å². The number of nitrogens with zero attached hydrogens (tertiary/aromatic N) is 2. The van der Waals surface area contributed by atoms with Gasteiger partial charge in [-0.25, -0.2) is 0 Å². The van der Waals surface area contributed by atoms with Gasteiger partial charge in [0, 0.05) is 11.8 Å².